The maximum atomic E-state index is 14.3. The Kier molecular flexibility index (Phi) is 4.72. The average Bonchev–Trinajstić information content (AvgIpc) is 3.41. The van der Waals surface area contributed by atoms with Gasteiger partial charge in [0.2, 0.25) is 5.13 Å². The highest BCUT2D eigenvalue weighted by Crippen LogP contribution is 2.43. The van der Waals surface area contributed by atoms with Gasteiger partial charge < -0.3 is 5.73 Å². The molecule has 0 radical (unpaired) electrons. The highest BCUT2D eigenvalue weighted by Gasteiger charge is 2.32. The first-order valence-electron chi connectivity index (χ1n) is 8.14. The lowest BCUT2D eigenvalue weighted by Crippen LogP contribution is -2.16. The van der Waals surface area contributed by atoms with E-state index < -0.39 is 21.0 Å². The third-order valence-corrected chi connectivity index (χ3v) is 6.66. The summed E-state index contributed by atoms with van der Waals surface area (Å²) in [6.45, 7) is 0. The molecule has 0 unspecified atom stereocenters. The average molecular weight is 443 g/mol. The minimum atomic E-state index is -4.09. The second-order valence-electron chi connectivity index (χ2n) is 6.31. The highest BCUT2D eigenvalue weighted by molar-refractivity contribution is 7.92. The van der Waals surface area contributed by atoms with E-state index in [1.165, 1.54) is 18.3 Å². The van der Waals surface area contributed by atoms with Crippen LogP contribution in [0.5, 0.6) is 0 Å². The van der Waals surface area contributed by atoms with Crippen LogP contribution < -0.4 is 10.5 Å². The minimum absolute atomic E-state index is 0.0903. The third kappa shape index (κ3) is 3.67. The first-order valence-corrected chi connectivity index (χ1v) is 10.8. The van der Waals surface area contributed by atoms with Gasteiger partial charge >= 0.3 is 0 Å². The van der Waals surface area contributed by atoms with Gasteiger partial charge in [-0.3, -0.25) is 4.72 Å². The van der Waals surface area contributed by atoms with E-state index in [0.717, 1.165) is 18.9 Å². The van der Waals surface area contributed by atoms with E-state index in [1.807, 2.05) is 0 Å². The number of pyridine rings is 1. The van der Waals surface area contributed by atoms with Crippen LogP contribution >= 0.6 is 22.9 Å². The number of anilines is 2. The molecule has 0 aliphatic heterocycles. The topological polar surface area (TPSA) is 98.0 Å². The summed E-state index contributed by atoms with van der Waals surface area (Å²) in [5.74, 6) is -0.559. The number of nitrogens with zero attached hydrogens (tertiary/aromatic N) is 2. The molecular weight excluding hydrogens is 430 g/mol. The van der Waals surface area contributed by atoms with Crippen molar-refractivity contribution in [3.63, 3.8) is 0 Å². The summed E-state index contributed by atoms with van der Waals surface area (Å²) < 4.78 is 55.5. The Labute approximate surface area is 168 Å². The van der Waals surface area contributed by atoms with Crippen LogP contribution in [0, 0.1) is 10.9 Å². The minimum Gasteiger partial charge on any atom is -0.397 e. The molecule has 11 heteroatoms. The maximum absolute atomic E-state index is 14.3. The Morgan fingerprint density at radius 3 is 2.68 bits per heavy atom. The molecule has 1 aliphatic rings. The molecule has 0 amide bonds. The van der Waals surface area contributed by atoms with Crippen LogP contribution in [0.4, 0.5) is 19.6 Å². The Morgan fingerprint density at radius 2 is 2.00 bits per heavy atom. The van der Waals surface area contributed by atoms with E-state index >= 15 is 0 Å². The number of halogens is 3. The van der Waals surface area contributed by atoms with E-state index in [1.54, 1.807) is 6.07 Å². The van der Waals surface area contributed by atoms with Crippen molar-refractivity contribution >= 4 is 43.8 Å². The summed E-state index contributed by atoms with van der Waals surface area (Å²) in [6.07, 6.45) is 2.97. The van der Waals surface area contributed by atoms with E-state index in [9.17, 15) is 17.2 Å². The van der Waals surface area contributed by atoms with Crippen molar-refractivity contribution in [2.24, 2.45) is 0 Å². The normalized spacial score (nSPS) is 14.2. The summed E-state index contributed by atoms with van der Waals surface area (Å²) in [5.41, 5.74) is 6.74. The zero-order valence-corrected chi connectivity index (χ0v) is 16.5. The highest BCUT2D eigenvalue weighted by atomic mass is 35.5. The van der Waals surface area contributed by atoms with Crippen LogP contribution in [0.2, 0.25) is 5.02 Å². The van der Waals surface area contributed by atoms with Gasteiger partial charge in [-0.1, -0.05) is 22.9 Å². The van der Waals surface area contributed by atoms with Gasteiger partial charge in [0.15, 0.2) is 10.2 Å². The summed E-state index contributed by atoms with van der Waals surface area (Å²) in [5, 5.41) is -1.24. The summed E-state index contributed by atoms with van der Waals surface area (Å²) in [4.78, 5) is 7.95. The van der Waals surface area contributed by atoms with Crippen molar-refractivity contribution in [3.05, 3.63) is 52.0 Å². The van der Waals surface area contributed by atoms with Gasteiger partial charge in [0.05, 0.1) is 16.9 Å². The molecule has 0 bridgehead atoms. The Bertz CT molecular complexity index is 1180. The predicted octanol–water partition coefficient (Wildman–Crippen LogP) is 4.40. The summed E-state index contributed by atoms with van der Waals surface area (Å²) in [6, 6.07) is 5.21. The number of hydrogen-bond donors (Lipinski definition) is 2. The van der Waals surface area contributed by atoms with Gasteiger partial charge in [-0.25, -0.2) is 14.4 Å². The van der Waals surface area contributed by atoms with Crippen LogP contribution in [0.15, 0.2) is 35.5 Å². The van der Waals surface area contributed by atoms with Gasteiger partial charge in [-0.2, -0.15) is 12.8 Å². The molecule has 0 atom stereocenters. The lowest BCUT2D eigenvalue weighted by atomic mass is 10.2. The van der Waals surface area contributed by atoms with Gasteiger partial charge in [0.25, 0.3) is 10.0 Å². The third-order valence-electron chi connectivity index (χ3n) is 4.17. The Balaban J connectivity index is 1.67. The van der Waals surface area contributed by atoms with E-state index in [0.29, 0.717) is 22.6 Å². The van der Waals surface area contributed by atoms with Crippen LogP contribution in [-0.2, 0) is 10.0 Å². The number of aromatic nitrogens is 2. The van der Waals surface area contributed by atoms with Crippen LogP contribution in [0.25, 0.3) is 11.3 Å². The largest absolute Gasteiger partial charge is 0.397 e. The number of nitrogens with two attached hydrogens (primary N) is 1. The molecule has 1 saturated carbocycles. The molecule has 1 aromatic carbocycles. The molecule has 1 fully saturated rings. The lowest BCUT2D eigenvalue weighted by Gasteiger charge is -2.10. The molecule has 4 rings (SSSR count). The van der Waals surface area contributed by atoms with Crippen molar-refractivity contribution in [2.45, 2.75) is 23.8 Å². The van der Waals surface area contributed by atoms with Crippen LogP contribution in [-0.4, -0.2) is 18.4 Å². The molecule has 0 saturated heterocycles. The smallest absolute Gasteiger partial charge is 0.281 e. The molecule has 2 aromatic heterocycles. The standard InChI is InChI=1S/C17H13ClF2N4O2S2/c18-12-5-9(3-4-13(12)19)14-15(20)27-17(23-14)24-28(25,26)16-11(8-1-2-8)6-10(21)7-22-16/h3-8H,1-2,21H2,(H,23,24). The predicted molar refractivity (Wildman–Crippen MR) is 104 cm³/mol. The van der Waals surface area contributed by atoms with Gasteiger partial charge in [-0.15, -0.1) is 0 Å². The number of thiazole rings is 1. The number of hydrogen-bond acceptors (Lipinski definition) is 6. The monoisotopic (exact) mass is 442 g/mol. The molecule has 146 valence electrons. The van der Waals surface area contributed by atoms with Gasteiger partial charge in [-0.05, 0) is 48.6 Å². The van der Waals surface area contributed by atoms with Crippen molar-refractivity contribution in [1.29, 1.82) is 0 Å². The zero-order valence-electron chi connectivity index (χ0n) is 14.1. The quantitative estimate of drug-likeness (QED) is 0.610. The molecule has 6 nitrogen and oxygen atoms in total. The molecule has 28 heavy (non-hydrogen) atoms. The zero-order chi connectivity index (χ0) is 20.1. The SMILES string of the molecule is Nc1cnc(S(=O)(=O)Nc2nc(-c3ccc(F)c(Cl)c3)c(F)s2)c(C2CC2)c1. The van der Waals surface area contributed by atoms with Gasteiger partial charge in [0, 0.05) is 5.56 Å². The second-order valence-corrected chi connectivity index (χ2v) is 9.27. The number of nitrogen functional groups attached to an aromatic ring is 1. The van der Waals surface area contributed by atoms with Crippen molar-refractivity contribution < 1.29 is 17.2 Å². The second kappa shape index (κ2) is 6.94. The number of rotatable bonds is 5. The van der Waals surface area contributed by atoms with Crippen LogP contribution in [0.1, 0.15) is 24.3 Å². The van der Waals surface area contributed by atoms with Crippen molar-refractivity contribution in [2.75, 3.05) is 10.5 Å². The summed E-state index contributed by atoms with van der Waals surface area (Å²) >= 11 is 6.24. The number of sulfonamides is 1. The van der Waals surface area contributed by atoms with E-state index in [4.69, 9.17) is 17.3 Å². The number of nitrogens with one attached hydrogen (secondary N) is 1. The van der Waals surface area contributed by atoms with E-state index in [-0.39, 0.29) is 32.4 Å². The Morgan fingerprint density at radius 1 is 1.25 bits per heavy atom. The van der Waals surface area contributed by atoms with Crippen molar-refractivity contribution in [1.82, 2.24) is 9.97 Å². The fraction of sp³-hybridized carbons (Fsp3) is 0.176. The molecule has 0 spiro atoms. The molecule has 3 N–H and O–H groups in total. The van der Waals surface area contributed by atoms with Crippen molar-refractivity contribution in [3.8, 4) is 11.3 Å². The number of benzene rings is 1. The lowest BCUT2D eigenvalue weighted by molar-refractivity contribution is 0.596. The first kappa shape index (κ1) is 19.0. The first-order chi connectivity index (χ1) is 13.2. The molecule has 3 aromatic rings. The molecular formula is C17H13ClF2N4O2S2. The molecule has 2 heterocycles. The molecule has 1 aliphatic carbocycles. The fourth-order valence-corrected chi connectivity index (χ4v) is 5.07. The maximum Gasteiger partial charge on any atom is 0.281 e. The van der Waals surface area contributed by atoms with Crippen LogP contribution in [0.3, 0.4) is 0 Å². The fourth-order valence-electron chi connectivity index (χ4n) is 2.73. The van der Waals surface area contributed by atoms with Gasteiger partial charge in [0.1, 0.15) is 11.5 Å². The summed E-state index contributed by atoms with van der Waals surface area (Å²) in [7, 11) is -4.09. The Hall–Kier alpha value is -2.30. The van der Waals surface area contributed by atoms with E-state index in [2.05, 4.69) is 14.7 Å².